The van der Waals surface area contributed by atoms with Crippen LogP contribution in [0.25, 0.3) is 11.1 Å². The van der Waals surface area contributed by atoms with Gasteiger partial charge in [0.1, 0.15) is 11.6 Å². The molecule has 1 spiro atoms. The lowest BCUT2D eigenvalue weighted by Crippen LogP contribution is -2.58. The van der Waals surface area contributed by atoms with E-state index in [2.05, 4.69) is 14.8 Å². The van der Waals surface area contributed by atoms with E-state index in [-0.39, 0.29) is 22.9 Å². The number of rotatable bonds is 4. The number of aryl methyl sites for hydroxylation is 2. The van der Waals surface area contributed by atoms with Gasteiger partial charge in [-0.3, -0.25) is 9.69 Å². The third-order valence-corrected chi connectivity index (χ3v) is 7.89. The van der Waals surface area contributed by atoms with Crippen molar-refractivity contribution >= 4 is 11.9 Å². The number of hydrogen-bond donors (Lipinski definition) is 0. The summed E-state index contributed by atoms with van der Waals surface area (Å²) in [6, 6.07) is 3.86. The van der Waals surface area contributed by atoms with E-state index in [0.717, 1.165) is 69.9 Å². The summed E-state index contributed by atoms with van der Waals surface area (Å²) >= 11 is 0. The summed E-state index contributed by atoms with van der Waals surface area (Å²) in [6.07, 6.45) is 6.28. The zero-order valence-electron chi connectivity index (χ0n) is 20.8. The average Bonchev–Trinajstić information content (AvgIpc) is 3.27. The van der Waals surface area contributed by atoms with Crippen molar-refractivity contribution in [2.45, 2.75) is 39.2 Å². The summed E-state index contributed by atoms with van der Waals surface area (Å²) in [7, 11) is 1.71. The van der Waals surface area contributed by atoms with Gasteiger partial charge in [0, 0.05) is 80.7 Å². The highest BCUT2D eigenvalue weighted by Crippen LogP contribution is 2.47. The fraction of sp³-hybridized carbons (Fsp3) is 0.577. The molecule has 3 fully saturated rings. The Labute approximate surface area is 205 Å². The molecule has 188 valence electrons. The molecule has 0 unspecified atom stereocenters. The summed E-state index contributed by atoms with van der Waals surface area (Å²) in [4.78, 5) is 35.2. The molecular weight excluding hydrogens is 449 g/mol. The summed E-state index contributed by atoms with van der Waals surface area (Å²) in [5.41, 5.74) is 2.33. The summed E-state index contributed by atoms with van der Waals surface area (Å²) < 4.78 is 20.9. The SMILES string of the molecule is CCOC(=O)N1CC2(CC[C@@H](N3CCN(c4ncc(F)cc4-c4cc(C)c(=O)n(C)c4)CC3)C2)C1. The Morgan fingerprint density at radius 1 is 1.23 bits per heavy atom. The van der Waals surface area contributed by atoms with Crippen LogP contribution < -0.4 is 10.5 Å². The Balaban J connectivity index is 1.24. The molecule has 0 bridgehead atoms. The highest BCUT2D eigenvalue weighted by atomic mass is 19.1. The van der Waals surface area contributed by atoms with E-state index in [0.29, 0.717) is 23.8 Å². The number of pyridine rings is 2. The third kappa shape index (κ3) is 4.53. The lowest BCUT2D eigenvalue weighted by Gasteiger charge is -2.48. The predicted molar refractivity (Wildman–Crippen MR) is 132 cm³/mol. The maximum Gasteiger partial charge on any atom is 0.409 e. The van der Waals surface area contributed by atoms with E-state index < -0.39 is 0 Å². The molecule has 1 aliphatic carbocycles. The molecule has 2 aromatic heterocycles. The highest BCUT2D eigenvalue weighted by molar-refractivity contribution is 5.76. The fourth-order valence-corrected chi connectivity index (χ4v) is 6.10. The largest absolute Gasteiger partial charge is 0.450 e. The second-order valence-electron chi connectivity index (χ2n) is 10.3. The van der Waals surface area contributed by atoms with Gasteiger partial charge in [-0.1, -0.05) is 0 Å². The van der Waals surface area contributed by atoms with Crippen LogP contribution in [0.5, 0.6) is 0 Å². The molecule has 9 heteroatoms. The van der Waals surface area contributed by atoms with Gasteiger partial charge in [-0.05, 0) is 45.2 Å². The van der Waals surface area contributed by atoms with Gasteiger partial charge in [-0.25, -0.2) is 14.2 Å². The van der Waals surface area contributed by atoms with Crippen molar-refractivity contribution in [1.29, 1.82) is 0 Å². The monoisotopic (exact) mass is 483 g/mol. The summed E-state index contributed by atoms with van der Waals surface area (Å²) in [5.74, 6) is 0.374. The van der Waals surface area contributed by atoms with Gasteiger partial charge in [0.05, 0.1) is 12.8 Å². The molecule has 0 radical (unpaired) electrons. The fourth-order valence-electron chi connectivity index (χ4n) is 6.10. The number of halogens is 1. The summed E-state index contributed by atoms with van der Waals surface area (Å²) in [5, 5.41) is 0. The van der Waals surface area contributed by atoms with Gasteiger partial charge < -0.3 is 19.1 Å². The highest BCUT2D eigenvalue weighted by Gasteiger charge is 2.51. The van der Waals surface area contributed by atoms with E-state index in [1.54, 1.807) is 20.2 Å². The summed E-state index contributed by atoms with van der Waals surface area (Å²) in [6.45, 7) is 9.13. The minimum absolute atomic E-state index is 0.0561. The minimum Gasteiger partial charge on any atom is -0.450 e. The number of anilines is 1. The Kier molecular flexibility index (Phi) is 6.29. The smallest absolute Gasteiger partial charge is 0.409 e. The lowest BCUT2D eigenvalue weighted by atomic mass is 9.78. The molecule has 4 heterocycles. The molecule has 1 saturated carbocycles. The second-order valence-corrected chi connectivity index (χ2v) is 10.3. The number of piperazine rings is 1. The molecule has 2 saturated heterocycles. The van der Waals surface area contributed by atoms with E-state index in [4.69, 9.17) is 4.74 Å². The van der Waals surface area contributed by atoms with Gasteiger partial charge >= 0.3 is 6.09 Å². The number of likely N-dealkylation sites (tertiary alicyclic amines) is 1. The van der Waals surface area contributed by atoms with E-state index in [1.165, 1.54) is 16.8 Å². The molecule has 0 aromatic carbocycles. The first-order chi connectivity index (χ1) is 16.8. The Morgan fingerprint density at radius 3 is 2.66 bits per heavy atom. The van der Waals surface area contributed by atoms with E-state index in [1.807, 2.05) is 17.9 Å². The van der Waals surface area contributed by atoms with Crippen molar-refractivity contribution in [3.05, 3.63) is 46.3 Å². The van der Waals surface area contributed by atoms with Crippen LogP contribution in [0, 0.1) is 18.2 Å². The van der Waals surface area contributed by atoms with Gasteiger partial charge in [0.25, 0.3) is 5.56 Å². The zero-order chi connectivity index (χ0) is 24.7. The molecule has 35 heavy (non-hydrogen) atoms. The third-order valence-electron chi connectivity index (χ3n) is 7.89. The van der Waals surface area contributed by atoms with Gasteiger partial charge in [-0.15, -0.1) is 0 Å². The first-order valence-corrected chi connectivity index (χ1v) is 12.5. The molecular formula is C26H34FN5O3. The molecule has 5 rings (SSSR count). The Morgan fingerprint density at radius 2 is 1.97 bits per heavy atom. The first-order valence-electron chi connectivity index (χ1n) is 12.5. The molecule has 0 N–H and O–H groups in total. The van der Waals surface area contributed by atoms with Crippen molar-refractivity contribution in [3.63, 3.8) is 0 Å². The number of carbonyl (C=O) groups excluding carboxylic acids is 1. The zero-order valence-corrected chi connectivity index (χ0v) is 20.8. The van der Waals surface area contributed by atoms with Crippen molar-refractivity contribution in [2.75, 3.05) is 50.8 Å². The standard InChI is InChI=1S/C26H34FN5O3/c1-4-35-25(34)32-16-26(17-32)6-5-21(13-26)30-7-9-31(10-8-30)23-22(12-20(27)14-28-23)19-11-18(2)24(33)29(3)15-19/h11-12,14-15,21H,4-10,13,16-17H2,1-3H3/t21-/m1/s1. The van der Waals surface area contributed by atoms with Crippen LogP contribution in [0.15, 0.2) is 29.3 Å². The second kappa shape index (κ2) is 9.26. The van der Waals surface area contributed by atoms with Gasteiger partial charge in [-0.2, -0.15) is 0 Å². The van der Waals surface area contributed by atoms with Crippen molar-refractivity contribution in [1.82, 2.24) is 19.4 Å². The van der Waals surface area contributed by atoms with Gasteiger partial charge in [0.15, 0.2) is 0 Å². The molecule has 1 atom stereocenters. The van der Waals surface area contributed by atoms with Crippen LogP contribution in [-0.4, -0.2) is 77.4 Å². The molecule has 2 aliphatic heterocycles. The topological polar surface area (TPSA) is 70.9 Å². The first kappa shape index (κ1) is 23.8. The van der Waals surface area contributed by atoms with Crippen molar-refractivity contribution in [3.8, 4) is 11.1 Å². The molecule has 3 aliphatic rings. The number of amides is 1. The number of hydrogen-bond acceptors (Lipinski definition) is 6. The van der Waals surface area contributed by atoms with Gasteiger partial charge in [0.2, 0.25) is 0 Å². The molecule has 2 aromatic rings. The quantitative estimate of drug-likeness (QED) is 0.666. The number of ether oxygens (including phenoxy) is 1. The van der Waals surface area contributed by atoms with Crippen LogP contribution in [0.2, 0.25) is 0 Å². The minimum atomic E-state index is -0.387. The molecule has 1 amide bonds. The predicted octanol–water partition coefficient (Wildman–Crippen LogP) is 3.03. The van der Waals surface area contributed by atoms with Crippen molar-refractivity contribution in [2.24, 2.45) is 12.5 Å². The number of nitrogens with zero attached hydrogens (tertiary/aromatic N) is 5. The van der Waals surface area contributed by atoms with Crippen LogP contribution in [0.1, 0.15) is 31.7 Å². The number of carbonyl (C=O) groups is 1. The van der Waals surface area contributed by atoms with E-state index in [9.17, 15) is 14.0 Å². The normalized spacial score (nSPS) is 21.9. The Bertz CT molecular complexity index is 1140. The van der Waals surface area contributed by atoms with Crippen LogP contribution in [0.4, 0.5) is 15.0 Å². The van der Waals surface area contributed by atoms with Crippen LogP contribution >= 0.6 is 0 Å². The van der Waals surface area contributed by atoms with Crippen LogP contribution in [0.3, 0.4) is 0 Å². The van der Waals surface area contributed by atoms with Crippen LogP contribution in [-0.2, 0) is 11.8 Å². The van der Waals surface area contributed by atoms with E-state index >= 15 is 0 Å². The lowest BCUT2D eigenvalue weighted by molar-refractivity contribution is -0.00294. The number of aromatic nitrogens is 2. The maximum absolute atomic E-state index is 14.2. The average molecular weight is 484 g/mol. The Hall–Kier alpha value is -2.94. The van der Waals surface area contributed by atoms with Crippen molar-refractivity contribution < 1.29 is 13.9 Å². The molecule has 8 nitrogen and oxygen atoms in total. The maximum atomic E-state index is 14.2.